The Morgan fingerprint density at radius 3 is 1.33 bits per heavy atom. The van der Waals surface area contributed by atoms with Crippen LogP contribution in [0.3, 0.4) is 0 Å². The Bertz CT molecular complexity index is 923. The van der Waals surface area contributed by atoms with Gasteiger partial charge in [0, 0.05) is 32.5 Å². The minimum absolute atomic E-state index is 0.0120. The highest BCUT2D eigenvalue weighted by molar-refractivity contribution is 5.69. The SMILES string of the molecule is CCCCCCCCC(CCCCCC)COC(=O)CCCCCN(C)CC1(O)CCN(CCCCCC(=O)OCC(CCCCCC)CCCCCCCC)CC1. The van der Waals surface area contributed by atoms with Gasteiger partial charge in [0.05, 0.1) is 18.8 Å². The molecule has 0 aromatic rings. The molecule has 7 heteroatoms. The smallest absolute Gasteiger partial charge is 0.305 e. The first-order valence-electron chi connectivity index (χ1n) is 25.7. The molecule has 1 rings (SSSR count). The van der Waals surface area contributed by atoms with Crippen molar-refractivity contribution in [1.29, 1.82) is 0 Å². The number of aliphatic hydroxyl groups is 1. The number of ether oxygens (including phenoxy) is 2. The van der Waals surface area contributed by atoms with Gasteiger partial charge in [-0.05, 0) is 96.2 Å². The number of hydrogen-bond donors (Lipinski definition) is 1. The van der Waals surface area contributed by atoms with Crippen molar-refractivity contribution in [2.45, 2.75) is 252 Å². The van der Waals surface area contributed by atoms with Gasteiger partial charge in [-0.1, -0.05) is 169 Å². The first kappa shape index (κ1) is 54.8. The van der Waals surface area contributed by atoms with Crippen molar-refractivity contribution in [3.05, 3.63) is 0 Å². The van der Waals surface area contributed by atoms with Crippen molar-refractivity contribution in [1.82, 2.24) is 9.80 Å². The number of likely N-dealkylation sites (N-methyl/N-ethyl adjacent to an activating group) is 1. The largest absolute Gasteiger partial charge is 0.465 e. The Kier molecular flexibility index (Phi) is 36.6. The zero-order chi connectivity index (χ0) is 42.4. The number of rotatable bonds is 42. The summed E-state index contributed by atoms with van der Waals surface area (Å²) in [4.78, 5) is 29.9. The van der Waals surface area contributed by atoms with Crippen LogP contribution in [-0.4, -0.2) is 85.4 Å². The van der Waals surface area contributed by atoms with Crippen LogP contribution in [0.25, 0.3) is 0 Å². The molecule has 58 heavy (non-hydrogen) atoms. The molecule has 0 aromatic heterocycles. The topological polar surface area (TPSA) is 79.3 Å². The second kappa shape index (κ2) is 38.7. The highest BCUT2D eigenvalue weighted by Crippen LogP contribution is 2.25. The van der Waals surface area contributed by atoms with Crippen molar-refractivity contribution in [3.8, 4) is 0 Å². The van der Waals surface area contributed by atoms with E-state index in [4.69, 9.17) is 9.47 Å². The van der Waals surface area contributed by atoms with Gasteiger partial charge in [-0.15, -0.1) is 0 Å². The van der Waals surface area contributed by atoms with Crippen LogP contribution < -0.4 is 0 Å². The normalized spacial score (nSPS) is 15.5. The van der Waals surface area contributed by atoms with Gasteiger partial charge in [-0.25, -0.2) is 0 Å². The van der Waals surface area contributed by atoms with Crippen LogP contribution in [0.15, 0.2) is 0 Å². The minimum atomic E-state index is -0.621. The summed E-state index contributed by atoms with van der Waals surface area (Å²) in [5.74, 6) is 1.01. The number of unbranched alkanes of at least 4 members (excludes halogenated alkanes) is 20. The van der Waals surface area contributed by atoms with Gasteiger partial charge >= 0.3 is 11.9 Å². The molecule has 1 fully saturated rings. The number of esters is 2. The summed E-state index contributed by atoms with van der Waals surface area (Å²) < 4.78 is 11.6. The van der Waals surface area contributed by atoms with E-state index in [0.717, 1.165) is 77.5 Å². The van der Waals surface area contributed by atoms with Crippen molar-refractivity contribution >= 4 is 11.9 Å². The first-order valence-corrected chi connectivity index (χ1v) is 25.7. The predicted molar refractivity (Wildman–Crippen MR) is 247 cm³/mol. The van der Waals surface area contributed by atoms with Crippen LogP contribution in [0.5, 0.6) is 0 Å². The molecule has 0 spiro atoms. The lowest BCUT2D eigenvalue weighted by Crippen LogP contribution is -2.50. The standard InChI is InChI=1S/C51H100N2O5/c1-6-10-14-18-20-26-34-47(32-24-16-12-8-3)44-57-49(54)36-28-22-30-40-52(5)46-51(56)38-42-53(43-39-51)41-31-23-29-37-50(55)58-45-48(33-25-17-13-9-4)35-27-21-19-15-11-7-2/h47-48,56H,6-46H2,1-5H3. The summed E-state index contributed by atoms with van der Waals surface area (Å²) in [6.45, 7) is 14.8. The Labute approximate surface area is 361 Å². The Morgan fingerprint density at radius 2 is 0.897 bits per heavy atom. The molecular weight excluding hydrogens is 721 g/mol. The lowest BCUT2D eigenvalue weighted by atomic mass is 9.90. The fourth-order valence-corrected chi connectivity index (χ4v) is 8.88. The van der Waals surface area contributed by atoms with Crippen molar-refractivity contribution < 1.29 is 24.2 Å². The molecule has 0 aliphatic carbocycles. The maximum absolute atomic E-state index is 12.6. The summed E-state index contributed by atoms with van der Waals surface area (Å²) >= 11 is 0. The second-order valence-corrected chi connectivity index (χ2v) is 18.8. The van der Waals surface area contributed by atoms with E-state index in [2.05, 4.69) is 44.5 Å². The zero-order valence-electron chi connectivity index (χ0n) is 39.6. The quantitative estimate of drug-likeness (QED) is 0.0485. The maximum atomic E-state index is 12.6. The van der Waals surface area contributed by atoms with Crippen molar-refractivity contribution in [2.24, 2.45) is 11.8 Å². The predicted octanol–water partition coefficient (Wildman–Crippen LogP) is 13.6. The molecule has 2 unspecified atom stereocenters. The van der Waals surface area contributed by atoms with Crippen LogP contribution in [0.1, 0.15) is 246 Å². The molecular formula is C51H100N2O5. The maximum Gasteiger partial charge on any atom is 0.305 e. The van der Waals surface area contributed by atoms with Crippen molar-refractivity contribution in [3.63, 3.8) is 0 Å². The average Bonchev–Trinajstić information content (AvgIpc) is 3.21. The lowest BCUT2D eigenvalue weighted by Gasteiger charge is -2.40. The Hall–Kier alpha value is -1.18. The fraction of sp³-hybridized carbons (Fsp3) is 0.961. The van der Waals surface area contributed by atoms with E-state index < -0.39 is 5.60 Å². The summed E-state index contributed by atoms with van der Waals surface area (Å²) in [7, 11) is 2.12. The molecule has 2 atom stereocenters. The highest BCUT2D eigenvalue weighted by atomic mass is 16.5. The number of nitrogens with zero attached hydrogens (tertiary/aromatic N) is 2. The van der Waals surface area contributed by atoms with E-state index in [9.17, 15) is 14.7 Å². The molecule has 0 aromatic carbocycles. The van der Waals surface area contributed by atoms with Gasteiger partial charge < -0.3 is 24.4 Å². The summed E-state index contributed by atoms with van der Waals surface area (Å²) in [5, 5.41) is 11.4. The summed E-state index contributed by atoms with van der Waals surface area (Å²) in [5.41, 5.74) is -0.621. The molecule has 0 amide bonds. The molecule has 0 radical (unpaired) electrons. The fourth-order valence-electron chi connectivity index (χ4n) is 8.88. The van der Waals surface area contributed by atoms with Crippen LogP contribution >= 0.6 is 0 Å². The molecule has 0 bridgehead atoms. The highest BCUT2D eigenvalue weighted by Gasteiger charge is 2.33. The molecule has 344 valence electrons. The van der Waals surface area contributed by atoms with Gasteiger partial charge in [0.15, 0.2) is 0 Å². The number of carbonyl (C=O) groups excluding carboxylic acids is 2. The first-order chi connectivity index (χ1) is 28.2. The minimum Gasteiger partial charge on any atom is -0.465 e. The van der Waals surface area contributed by atoms with Gasteiger partial charge in [0.1, 0.15) is 0 Å². The Balaban J connectivity index is 2.18. The molecule has 1 heterocycles. The monoisotopic (exact) mass is 821 g/mol. The van der Waals surface area contributed by atoms with Crippen LogP contribution in [0.4, 0.5) is 0 Å². The van der Waals surface area contributed by atoms with E-state index in [1.165, 1.54) is 154 Å². The van der Waals surface area contributed by atoms with Crippen LogP contribution in [-0.2, 0) is 19.1 Å². The van der Waals surface area contributed by atoms with E-state index in [1.54, 1.807) is 0 Å². The molecule has 1 N–H and O–H groups in total. The third kappa shape index (κ3) is 32.6. The summed E-state index contributed by atoms with van der Waals surface area (Å²) in [6.07, 6.45) is 39.5. The van der Waals surface area contributed by atoms with E-state index in [-0.39, 0.29) is 11.9 Å². The second-order valence-electron chi connectivity index (χ2n) is 18.8. The molecule has 1 aliphatic heterocycles. The molecule has 1 aliphatic rings. The van der Waals surface area contributed by atoms with Gasteiger partial charge in [-0.3, -0.25) is 9.59 Å². The number of likely N-dealkylation sites (tertiary alicyclic amines) is 1. The average molecular weight is 821 g/mol. The lowest BCUT2D eigenvalue weighted by molar-refractivity contribution is -0.146. The molecule has 0 saturated carbocycles. The number of carbonyl (C=O) groups is 2. The van der Waals surface area contributed by atoms with Crippen molar-refractivity contribution in [2.75, 3.05) is 53.0 Å². The number of hydrogen-bond acceptors (Lipinski definition) is 7. The van der Waals surface area contributed by atoms with Gasteiger partial charge in [-0.2, -0.15) is 0 Å². The third-order valence-electron chi connectivity index (χ3n) is 13.0. The van der Waals surface area contributed by atoms with Gasteiger partial charge in [0.2, 0.25) is 0 Å². The van der Waals surface area contributed by atoms with Crippen LogP contribution in [0, 0.1) is 11.8 Å². The van der Waals surface area contributed by atoms with E-state index in [1.807, 2.05) is 0 Å². The Morgan fingerprint density at radius 1 is 0.534 bits per heavy atom. The van der Waals surface area contributed by atoms with E-state index >= 15 is 0 Å². The zero-order valence-corrected chi connectivity index (χ0v) is 39.6. The third-order valence-corrected chi connectivity index (χ3v) is 13.0. The molecule has 1 saturated heterocycles. The van der Waals surface area contributed by atoms with Crippen LogP contribution in [0.2, 0.25) is 0 Å². The van der Waals surface area contributed by atoms with E-state index in [0.29, 0.717) is 44.4 Å². The van der Waals surface area contributed by atoms with Gasteiger partial charge in [0.25, 0.3) is 0 Å². The summed E-state index contributed by atoms with van der Waals surface area (Å²) in [6, 6.07) is 0. The number of piperidine rings is 1. The molecule has 7 nitrogen and oxygen atoms in total.